The van der Waals surface area contributed by atoms with Crippen LogP contribution in [-0.4, -0.2) is 17.1 Å². The smallest absolute Gasteiger partial charge is 0.325 e. The van der Waals surface area contributed by atoms with E-state index in [1.54, 1.807) is 30.5 Å². The maximum Gasteiger partial charge on any atom is 0.325 e. The largest absolute Gasteiger partial charge is 0.480 e. The first-order valence-electron chi connectivity index (χ1n) is 4.69. The van der Waals surface area contributed by atoms with E-state index in [0.717, 1.165) is 0 Å². The zero-order chi connectivity index (χ0) is 12.3. The lowest BCUT2D eigenvalue weighted by Gasteiger charge is -2.06. The molecule has 17 heavy (non-hydrogen) atoms. The molecular formula is C11H8BrClN2O2. The van der Waals surface area contributed by atoms with E-state index < -0.39 is 0 Å². The number of hydrogen-bond acceptors (Lipinski definition) is 4. The van der Waals surface area contributed by atoms with Crippen LogP contribution in [0.3, 0.4) is 0 Å². The summed E-state index contributed by atoms with van der Waals surface area (Å²) in [6.45, 7) is 0. The number of ether oxygens (including phenoxy) is 2. The predicted octanol–water partition coefficient (Wildman–Crippen LogP) is 3.69. The van der Waals surface area contributed by atoms with Gasteiger partial charge in [0.1, 0.15) is 5.75 Å². The topological polar surface area (TPSA) is 44.2 Å². The number of aromatic nitrogens is 2. The first-order chi connectivity index (χ1) is 8.19. The second kappa shape index (κ2) is 5.33. The molecule has 0 amide bonds. The molecule has 0 aliphatic heterocycles. The molecule has 2 aromatic rings. The molecule has 88 valence electrons. The van der Waals surface area contributed by atoms with Crippen LogP contribution in [0.2, 0.25) is 5.02 Å². The van der Waals surface area contributed by atoms with Gasteiger partial charge in [-0.3, -0.25) is 0 Å². The number of methoxy groups -OCH3 is 1. The number of hydrogen-bond donors (Lipinski definition) is 0. The van der Waals surface area contributed by atoms with Crippen LogP contribution in [0.5, 0.6) is 17.6 Å². The van der Waals surface area contributed by atoms with Crippen molar-refractivity contribution in [3.8, 4) is 17.6 Å². The molecule has 0 unspecified atom stereocenters. The number of halogens is 2. The molecule has 0 aliphatic rings. The molecule has 2 rings (SSSR count). The molecule has 0 atom stereocenters. The molecular weight excluding hydrogens is 307 g/mol. The van der Waals surface area contributed by atoms with E-state index in [-0.39, 0.29) is 6.01 Å². The average molecular weight is 316 g/mol. The van der Waals surface area contributed by atoms with Crippen molar-refractivity contribution >= 4 is 27.5 Å². The highest BCUT2D eigenvalue weighted by Crippen LogP contribution is 2.25. The van der Waals surface area contributed by atoms with Gasteiger partial charge >= 0.3 is 6.01 Å². The van der Waals surface area contributed by atoms with Gasteiger partial charge in [0.2, 0.25) is 5.88 Å². The van der Waals surface area contributed by atoms with E-state index in [2.05, 4.69) is 25.9 Å². The number of benzene rings is 1. The molecule has 0 saturated carbocycles. The van der Waals surface area contributed by atoms with E-state index in [1.165, 1.54) is 7.11 Å². The van der Waals surface area contributed by atoms with Crippen molar-refractivity contribution in [1.29, 1.82) is 0 Å². The highest BCUT2D eigenvalue weighted by atomic mass is 79.9. The van der Waals surface area contributed by atoms with Crippen molar-refractivity contribution in [1.82, 2.24) is 9.97 Å². The van der Waals surface area contributed by atoms with Gasteiger partial charge in [0, 0.05) is 5.02 Å². The zero-order valence-corrected chi connectivity index (χ0v) is 11.2. The van der Waals surface area contributed by atoms with E-state index in [1.807, 2.05) is 0 Å². The van der Waals surface area contributed by atoms with Crippen molar-refractivity contribution in [2.24, 2.45) is 0 Å². The summed E-state index contributed by atoms with van der Waals surface area (Å²) in [6.07, 6.45) is 1.57. The van der Waals surface area contributed by atoms with E-state index in [9.17, 15) is 0 Å². The highest BCUT2D eigenvalue weighted by Gasteiger charge is 2.06. The minimum atomic E-state index is 0.215. The fourth-order valence-corrected chi connectivity index (χ4v) is 1.62. The maximum atomic E-state index is 5.77. The van der Waals surface area contributed by atoms with Gasteiger partial charge in [-0.15, -0.1) is 0 Å². The molecule has 0 aliphatic carbocycles. The Bertz CT molecular complexity index is 519. The van der Waals surface area contributed by atoms with Crippen LogP contribution in [0.25, 0.3) is 0 Å². The quantitative estimate of drug-likeness (QED) is 0.866. The summed E-state index contributed by atoms with van der Waals surface area (Å²) in [5.74, 6) is 1.03. The molecule has 4 nitrogen and oxygen atoms in total. The third-order valence-corrected chi connectivity index (χ3v) is 2.70. The average Bonchev–Trinajstić information content (AvgIpc) is 2.34. The van der Waals surface area contributed by atoms with Crippen LogP contribution in [0, 0.1) is 0 Å². The van der Waals surface area contributed by atoms with Crippen LogP contribution < -0.4 is 9.47 Å². The first kappa shape index (κ1) is 12.1. The van der Waals surface area contributed by atoms with Gasteiger partial charge in [0.15, 0.2) is 0 Å². The van der Waals surface area contributed by atoms with E-state index in [4.69, 9.17) is 21.1 Å². The minimum absolute atomic E-state index is 0.215. The number of rotatable bonds is 3. The summed E-state index contributed by atoms with van der Waals surface area (Å²) in [5, 5.41) is 0.645. The lowest BCUT2D eigenvalue weighted by Crippen LogP contribution is -1.95. The second-order valence-corrected chi connectivity index (χ2v) is 4.36. The zero-order valence-electron chi connectivity index (χ0n) is 8.85. The normalized spacial score (nSPS) is 10.1. The van der Waals surface area contributed by atoms with Crippen LogP contribution in [0.4, 0.5) is 0 Å². The second-order valence-electron chi connectivity index (χ2n) is 3.07. The minimum Gasteiger partial charge on any atom is -0.480 e. The Morgan fingerprint density at radius 1 is 1.24 bits per heavy atom. The summed E-state index contributed by atoms with van der Waals surface area (Å²) in [4.78, 5) is 8.08. The third kappa shape index (κ3) is 3.08. The Hall–Kier alpha value is -1.33. The van der Waals surface area contributed by atoms with Crippen molar-refractivity contribution in [2.75, 3.05) is 7.11 Å². The van der Waals surface area contributed by atoms with Crippen molar-refractivity contribution in [2.45, 2.75) is 0 Å². The molecule has 0 bridgehead atoms. The van der Waals surface area contributed by atoms with Gasteiger partial charge in [-0.25, -0.2) is 4.98 Å². The molecule has 1 aromatic heterocycles. The van der Waals surface area contributed by atoms with Crippen molar-refractivity contribution < 1.29 is 9.47 Å². The molecule has 0 saturated heterocycles. The monoisotopic (exact) mass is 314 g/mol. The lowest BCUT2D eigenvalue weighted by atomic mass is 10.3. The molecule has 6 heteroatoms. The predicted molar refractivity (Wildman–Crippen MR) is 67.8 cm³/mol. The van der Waals surface area contributed by atoms with E-state index in [0.29, 0.717) is 21.1 Å². The summed E-state index contributed by atoms with van der Waals surface area (Å²) in [5.41, 5.74) is 0. The molecule has 0 N–H and O–H groups in total. The highest BCUT2D eigenvalue weighted by molar-refractivity contribution is 9.10. The Morgan fingerprint density at radius 3 is 2.59 bits per heavy atom. The summed E-state index contributed by atoms with van der Waals surface area (Å²) in [6, 6.07) is 7.15. The van der Waals surface area contributed by atoms with Gasteiger partial charge in [-0.1, -0.05) is 11.6 Å². The summed E-state index contributed by atoms with van der Waals surface area (Å²) >= 11 is 9.03. The SMILES string of the molecule is COc1nc(Oc2ccc(Cl)cc2)ncc1Br. The Kier molecular flexibility index (Phi) is 3.81. The molecule has 0 fully saturated rings. The van der Waals surface area contributed by atoms with Crippen LogP contribution in [-0.2, 0) is 0 Å². The van der Waals surface area contributed by atoms with Crippen molar-refractivity contribution in [3.63, 3.8) is 0 Å². The van der Waals surface area contributed by atoms with Crippen LogP contribution >= 0.6 is 27.5 Å². The van der Waals surface area contributed by atoms with Gasteiger partial charge in [0.25, 0.3) is 0 Å². The molecule has 0 radical (unpaired) electrons. The van der Waals surface area contributed by atoms with Gasteiger partial charge in [-0.2, -0.15) is 4.98 Å². The maximum absolute atomic E-state index is 5.77. The Balaban J connectivity index is 2.21. The lowest BCUT2D eigenvalue weighted by molar-refractivity contribution is 0.373. The van der Waals surface area contributed by atoms with Crippen LogP contribution in [0.15, 0.2) is 34.9 Å². The third-order valence-electron chi connectivity index (χ3n) is 1.91. The van der Waals surface area contributed by atoms with Crippen LogP contribution in [0.1, 0.15) is 0 Å². The molecule has 1 heterocycles. The standard InChI is InChI=1S/C11H8BrClN2O2/c1-16-10-9(12)6-14-11(15-10)17-8-4-2-7(13)3-5-8/h2-6H,1H3. The Morgan fingerprint density at radius 2 is 1.94 bits per heavy atom. The van der Waals surface area contributed by atoms with Gasteiger partial charge in [0.05, 0.1) is 17.8 Å². The first-order valence-corrected chi connectivity index (χ1v) is 5.86. The van der Waals surface area contributed by atoms with Gasteiger partial charge in [-0.05, 0) is 40.2 Å². The summed E-state index contributed by atoms with van der Waals surface area (Å²) in [7, 11) is 1.53. The molecule has 1 aromatic carbocycles. The number of nitrogens with zero attached hydrogens (tertiary/aromatic N) is 2. The Labute approximate surface area is 112 Å². The van der Waals surface area contributed by atoms with Gasteiger partial charge < -0.3 is 9.47 Å². The van der Waals surface area contributed by atoms with E-state index >= 15 is 0 Å². The summed E-state index contributed by atoms with van der Waals surface area (Å²) < 4.78 is 11.2. The fourth-order valence-electron chi connectivity index (χ4n) is 1.14. The molecule has 0 spiro atoms. The fraction of sp³-hybridized carbons (Fsp3) is 0.0909. The van der Waals surface area contributed by atoms with Crippen molar-refractivity contribution in [3.05, 3.63) is 40.0 Å².